The van der Waals surface area contributed by atoms with E-state index < -0.39 is 0 Å². The number of nitrogens with one attached hydrogen (secondary N) is 1. The van der Waals surface area contributed by atoms with Crippen LogP contribution in [0.2, 0.25) is 0 Å². The molecule has 0 atom stereocenters. The molecule has 108 valence electrons. The number of rotatable bonds is 4. The topological polar surface area (TPSA) is 41.5 Å². The zero-order chi connectivity index (χ0) is 15.2. The Morgan fingerprint density at radius 2 is 1.76 bits per heavy atom. The molecule has 1 amide bonds. The summed E-state index contributed by atoms with van der Waals surface area (Å²) >= 11 is 0. The Morgan fingerprint density at radius 3 is 2.38 bits per heavy atom. The molecule has 0 heterocycles. The van der Waals surface area contributed by atoms with Crippen LogP contribution in [0.25, 0.3) is 0 Å². The smallest absolute Gasteiger partial charge is 0.267 e. The van der Waals surface area contributed by atoms with E-state index in [1.54, 1.807) is 6.21 Å². The van der Waals surface area contributed by atoms with Crippen molar-refractivity contribution >= 4 is 12.1 Å². The number of hydrogen-bond acceptors (Lipinski definition) is 2. The second kappa shape index (κ2) is 6.84. The van der Waals surface area contributed by atoms with Crippen LogP contribution in [0.4, 0.5) is 0 Å². The summed E-state index contributed by atoms with van der Waals surface area (Å²) in [5.41, 5.74) is 6.50. The predicted molar refractivity (Wildman–Crippen MR) is 86.8 cm³/mol. The Kier molecular flexibility index (Phi) is 4.88. The van der Waals surface area contributed by atoms with Crippen LogP contribution >= 0.6 is 0 Å². The van der Waals surface area contributed by atoms with Gasteiger partial charge in [0.2, 0.25) is 0 Å². The van der Waals surface area contributed by atoms with Gasteiger partial charge in [0.15, 0.2) is 0 Å². The predicted octanol–water partition coefficient (Wildman–Crippen LogP) is 3.88. The number of carbonyl (C=O) groups is 1. The molecule has 0 spiro atoms. The van der Waals surface area contributed by atoms with E-state index in [9.17, 15) is 4.79 Å². The summed E-state index contributed by atoms with van der Waals surface area (Å²) in [6, 6.07) is 15.5. The van der Waals surface area contributed by atoms with Gasteiger partial charge in [0.25, 0.3) is 5.91 Å². The second-order valence-electron chi connectivity index (χ2n) is 5.33. The van der Waals surface area contributed by atoms with Crippen molar-refractivity contribution < 1.29 is 4.79 Å². The Morgan fingerprint density at radius 1 is 1.10 bits per heavy atom. The Labute approximate surface area is 125 Å². The number of amides is 1. The normalized spacial score (nSPS) is 11.0. The van der Waals surface area contributed by atoms with Gasteiger partial charge in [0, 0.05) is 5.56 Å². The summed E-state index contributed by atoms with van der Waals surface area (Å²) in [5, 5.41) is 4.01. The minimum absolute atomic E-state index is 0.199. The van der Waals surface area contributed by atoms with Gasteiger partial charge in [0.1, 0.15) is 0 Å². The second-order valence-corrected chi connectivity index (χ2v) is 5.33. The van der Waals surface area contributed by atoms with Gasteiger partial charge in [-0.3, -0.25) is 4.79 Å². The fourth-order valence-corrected chi connectivity index (χ4v) is 1.98. The van der Waals surface area contributed by atoms with Crippen LogP contribution in [-0.4, -0.2) is 12.1 Å². The first-order chi connectivity index (χ1) is 10.1. The number of hydrogen-bond donors (Lipinski definition) is 1. The molecule has 0 saturated heterocycles. The first-order valence-electron chi connectivity index (χ1n) is 7.07. The molecule has 0 bridgehead atoms. The van der Waals surface area contributed by atoms with Crippen LogP contribution in [0.5, 0.6) is 0 Å². The number of carbonyl (C=O) groups excluding carboxylic acids is 1. The molecule has 0 radical (unpaired) electrons. The molecule has 0 saturated carbocycles. The number of benzene rings is 2. The molecule has 2 aromatic carbocycles. The summed E-state index contributed by atoms with van der Waals surface area (Å²) in [7, 11) is 0. The average molecular weight is 280 g/mol. The highest BCUT2D eigenvalue weighted by Gasteiger charge is 2.05. The van der Waals surface area contributed by atoms with E-state index in [2.05, 4.69) is 24.4 Å². The lowest BCUT2D eigenvalue weighted by atomic mass is 10.0. The van der Waals surface area contributed by atoms with Gasteiger partial charge in [-0.25, -0.2) is 5.43 Å². The highest BCUT2D eigenvalue weighted by molar-refractivity contribution is 5.95. The van der Waals surface area contributed by atoms with Crippen molar-refractivity contribution in [3.63, 3.8) is 0 Å². The standard InChI is InChI=1S/C18H20N2O/c1-13(2)15-8-10-16(11-9-15)18(21)20-19-12-17-7-5-4-6-14(17)3/h4-13H,1-3H3,(H,20,21)/b19-12+. The van der Waals surface area contributed by atoms with Crippen molar-refractivity contribution in [2.24, 2.45) is 5.10 Å². The van der Waals surface area contributed by atoms with Crippen molar-refractivity contribution in [2.45, 2.75) is 26.7 Å². The summed E-state index contributed by atoms with van der Waals surface area (Å²) in [4.78, 5) is 12.0. The number of hydrazone groups is 1. The van der Waals surface area contributed by atoms with Crippen LogP contribution in [0.1, 0.15) is 46.8 Å². The van der Waals surface area contributed by atoms with E-state index in [0.29, 0.717) is 11.5 Å². The van der Waals surface area contributed by atoms with Gasteiger partial charge in [-0.1, -0.05) is 50.2 Å². The maximum absolute atomic E-state index is 12.0. The van der Waals surface area contributed by atoms with E-state index in [4.69, 9.17) is 0 Å². The van der Waals surface area contributed by atoms with Gasteiger partial charge in [-0.15, -0.1) is 0 Å². The number of aryl methyl sites for hydroxylation is 1. The minimum Gasteiger partial charge on any atom is -0.267 e. The quantitative estimate of drug-likeness (QED) is 0.670. The van der Waals surface area contributed by atoms with Gasteiger partial charge < -0.3 is 0 Å². The Bertz CT molecular complexity index is 643. The minimum atomic E-state index is -0.199. The van der Waals surface area contributed by atoms with Gasteiger partial charge in [-0.2, -0.15) is 5.10 Å². The highest BCUT2D eigenvalue weighted by atomic mass is 16.2. The molecule has 0 aliphatic carbocycles. The lowest BCUT2D eigenvalue weighted by molar-refractivity contribution is 0.0955. The van der Waals surface area contributed by atoms with Crippen LogP contribution in [0.3, 0.4) is 0 Å². The Hall–Kier alpha value is -2.42. The third kappa shape index (κ3) is 4.02. The first-order valence-corrected chi connectivity index (χ1v) is 7.07. The monoisotopic (exact) mass is 280 g/mol. The third-order valence-corrected chi connectivity index (χ3v) is 3.40. The molecular formula is C18H20N2O. The fourth-order valence-electron chi connectivity index (χ4n) is 1.98. The third-order valence-electron chi connectivity index (χ3n) is 3.40. The average Bonchev–Trinajstić information content (AvgIpc) is 2.49. The van der Waals surface area contributed by atoms with E-state index in [-0.39, 0.29) is 5.91 Å². The molecule has 1 N–H and O–H groups in total. The zero-order valence-electron chi connectivity index (χ0n) is 12.6. The van der Waals surface area contributed by atoms with Crippen LogP contribution in [0.15, 0.2) is 53.6 Å². The van der Waals surface area contributed by atoms with Gasteiger partial charge in [0.05, 0.1) is 6.21 Å². The van der Waals surface area contributed by atoms with Crippen LogP contribution in [-0.2, 0) is 0 Å². The van der Waals surface area contributed by atoms with Crippen molar-refractivity contribution in [1.82, 2.24) is 5.43 Å². The molecule has 0 aliphatic heterocycles. The first kappa shape index (κ1) is 15.0. The van der Waals surface area contributed by atoms with Gasteiger partial charge >= 0.3 is 0 Å². The molecule has 0 fully saturated rings. The fraction of sp³-hybridized carbons (Fsp3) is 0.222. The van der Waals surface area contributed by atoms with Crippen molar-refractivity contribution in [3.05, 3.63) is 70.8 Å². The molecule has 0 aromatic heterocycles. The summed E-state index contributed by atoms with van der Waals surface area (Å²) in [6.45, 7) is 6.26. The largest absolute Gasteiger partial charge is 0.271 e. The van der Waals surface area contributed by atoms with Crippen molar-refractivity contribution in [2.75, 3.05) is 0 Å². The van der Waals surface area contributed by atoms with Crippen molar-refractivity contribution in [1.29, 1.82) is 0 Å². The molecule has 0 aliphatic rings. The molecular weight excluding hydrogens is 260 g/mol. The molecule has 3 heteroatoms. The van der Waals surface area contributed by atoms with Crippen LogP contribution in [0, 0.1) is 6.92 Å². The summed E-state index contributed by atoms with van der Waals surface area (Å²) < 4.78 is 0. The lowest BCUT2D eigenvalue weighted by Crippen LogP contribution is -2.17. The number of nitrogens with zero attached hydrogens (tertiary/aromatic N) is 1. The highest BCUT2D eigenvalue weighted by Crippen LogP contribution is 2.14. The molecule has 2 aromatic rings. The molecule has 2 rings (SSSR count). The zero-order valence-corrected chi connectivity index (χ0v) is 12.6. The SMILES string of the molecule is Cc1ccccc1/C=N/NC(=O)c1ccc(C(C)C)cc1. The summed E-state index contributed by atoms with van der Waals surface area (Å²) in [6.07, 6.45) is 1.66. The maximum Gasteiger partial charge on any atom is 0.271 e. The molecule has 0 unspecified atom stereocenters. The van der Waals surface area contributed by atoms with Crippen molar-refractivity contribution in [3.8, 4) is 0 Å². The maximum atomic E-state index is 12.0. The van der Waals surface area contributed by atoms with E-state index in [1.807, 2.05) is 55.5 Å². The summed E-state index contributed by atoms with van der Waals surface area (Å²) in [5.74, 6) is 0.260. The molecule has 3 nitrogen and oxygen atoms in total. The Balaban J connectivity index is 2.00. The van der Waals surface area contributed by atoms with E-state index in [0.717, 1.165) is 11.1 Å². The van der Waals surface area contributed by atoms with E-state index in [1.165, 1.54) is 5.56 Å². The van der Waals surface area contributed by atoms with Crippen LogP contribution < -0.4 is 5.43 Å². The molecule has 21 heavy (non-hydrogen) atoms. The van der Waals surface area contributed by atoms with E-state index >= 15 is 0 Å². The van der Waals surface area contributed by atoms with Gasteiger partial charge in [-0.05, 0) is 41.7 Å². The lowest BCUT2D eigenvalue weighted by Gasteiger charge is -2.06.